The molecule has 0 aliphatic carbocycles. The van der Waals surface area contributed by atoms with E-state index in [9.17, 15) is 5.11 Å². The Balaban J connectivity index is 2.23. The number of nitrogens with one attached hydrogen (secondary N) is 1. The van der Waals surface area contributed by atoms with E-state index in [4.69, 9.17) is 4.74 Å². The minimum absolute atomic E-state index is 0.516. The highest BCUT2D eigenvalue weighted by molar-refractivity contribution is 4.81. The molecule has 0 amide bonds. The zero-order chi connectivity index (χ0) is 10.4. The van der Waals surface area contributed by atoms with Gasteiger partial charge in [-0.1, -0.05) is 13.8 Å². The predicted octanol–water partition coefficient (Wildman–Crippen LogP) is 1.31. The molecule has 1 aliphatic heterocycles. The van der Waals surface area contributed by atoms with Gasteiger partial charge in [-0.15, -0.1) is 0 Å². The van der Waals surface area contributed by atoms with Crippen molar-refractivity contribution in [3.63, 3.8) is 0 Å². The van der Waals surface area contributed by atoms with Crippen LogP contribution in [0.15, 0.2) is 0 Å². The average molecular weight is 201 g/mol. The van der Waals surface area contributed by atoms with Crippen molar-refractivity contribution >= 4 is 0 Å². The maximum absolute atomic E-state index is 10.1. The Morgan fingerprint density at radius 2 is 1.86 bits per heavy atom. The summed E-state index contributed by atoms with van der Waals surface area (Å²) < 4.78 is 5.28. The summed E-state index contributed by atoms with van der Waals surface area (Å²) in [7, 11) is 0. The topological polar surface area (TPSA) is 41.5 Å². The van der Waals surface area contributed by atoms with Crippen molar-refractivity contribution in [2.24, 2.45) is 0 Å². The molecular weight excluding hydrogens is 178 g/mol. The number of hydrogen-bond donors (Lipinski definition) is 2. The molecule has 84 valence electrons. The second-order valence-corrected chi connectivity index (χ2v) is 4.20. The van der Waals surface area contributed by atoms with Crippen LogP contribution < -0.4 is 5.32 Å². The van der Waals surface area contributed by atoms with Crippen LogP contribution in [0.3, 0.4) is 0 Å². The molecule has 1 heterocycles. The first-order chi connectivity index (χ1) is 6.70. The van der Waals surface area contributed by atoms with E-state index in [2.05, 4.69) is 5.32 Å². The van der Waals surface area contributed by atoms with Crippen molar-refractivity contribution in [1.82, 2.24) is 5.32 Å². The summed E-state index contributed by atoms with van der Waals surface area (Å²) in [6, 6.07) is 0.536. The molecule has 1 rings (SSSR count). The minimum atomic E-state index is -0.516. The van der Waals surface area contributed by atoms with Crippen LogP contribution in [0.2, 0.25) is 0 Å². The third kappa shape index (κ3) is 3.56. The van der Waals surface area contributed by atoms with Crippen LogP contribution in [-0.4, -0.2) is 36.5 Å². The predicted molar refractivity (Wildman–Crippen MR) is 57.4 cm³/mol. The summed E-state index contributed by atoms with van der Waals surface area (Å²) in [5, 5.41) is 13.5. The summed E-state index contributed by atoms with van der Waals surface area (Å²) in [6.07, 6.45) is 3.78. The first-order valence-corrected chi connectivity index (χ1v) is 5.73. The lowest BCUT2D eigenvalue weighted by atomic mass is 9.96. The second kappa shape index (κ2) is 5.69. The van der Waals surface area contributed by atoms with Crippen molar-refractivity contribution in [2.45, 2.75) is 51.2 Å². The van der Waals surface area contributed by atoms with Crippen LogP contribution in [0, 0.1) is 0 Å². The van der Waals surface area contributed by atoms with E-state index in [0.29, 0.717) is 12.6 Å². The monoisotopic (exact) mass is 201 g/mol. The lowest BCUT2D eigenvalue weighted by molar-refractivity contribution is 0.0205. The third-order valence-electron chi connectivity index (χ3n) is 3.26. The van der Waals surface area contributed by atoms with Gasteiger partial charge in [-0.2, -0.15) is 0 Å². The van der Waals surface area contributed by atoms with Gasteiger partial charge in [-0.25, -0.2) is 0 Å². The first-order valence-electron chi connectivity index (χ1n) is 5.73. The van der Waals surface area contributed by atoms with E-state index >= 15 is 0 Å². The van der Waals surface area contributed by atoms with Gasteiger partial charge in [0.15, 0.2) is 0 Å². The van der Waals surface area contributed by atoms with Gasteiger partial charge in [0.2, 0.25) is 0 Å². The van der Waals surface area contributed by atoms with Crippen molar-refractivity contribution in [3.05, 3.63) is 0 Å². The molecule has 1 aliphatic rings. The lowest BCUT2D eigenvalue weighted by Crippen LogP contribution is -2.45. The Labute approximate surface area is 86.8 Å². The molecular formula is C11H23NO2. The van der Waals surface area contributed by atoms with E-state index in [1.807, 2.05) is 13.8 Å². The molecule has 3 heteroatoms. The SMILES string of the molecule is CCC(O)(CC)CNC1CCOCC1. The van der Waals surface area contributed by atoms with Crippen molar-refractivity contribution in [1.29, 1.82) is 0 Å². The van der Waals surface area contributed by atoms with Crippen molar-refractivity contribution in [3.8, 4) is 0 Å². The molecule has 0 spiro atoms. The van der Waals surface area contributed by atoms with Gasteiger partial charge in [0.25, 0.3) is 0 Å². The molecule has 1 fully saturated rings. The highest BCUT2D eigenvalue weighted by atomic mass is 16.5. The Morgan fingerprint density at radius 1 is 1.29 bits per heavy atom. The van der Waals surface area contributed by atoms with Crippen LogP contribution in [0.25, 0.3) is 0 Å². The maximum Gasteiger partial charge on any atom is 0.0766 e. The third-order valence-corrected chi connectivity index (χ3v) is 3.26. The van der Waals surface area contributed by atoms with Crippen LogP contribution in [0.1, 0.15) is 39.5 Å². The fraction of sp³-hybridized carbons (Fsp3) is 1.00. The highest BCUT2D eigenvalue weighted by Crippen LogP contribution is 2.14. The normalized spacial score (nSPS) is 19.9. The van der Waals surface area contributed by atoms with Crippen LogP contribution in [0.4, 0.5) is 0 Å². The average Bonchev–Trinajstić information content (AvgIpc) is 2.27. The quantitative estimate of drug-likeness (QED) is 0.704. The second-order valence-electron chi connectivity index (χ2n) is 4.20. The summed E-state index contributed by atoms with van der Waals surface area (Å²) in [5.74, 6) is 0. The molecule has 1 saturated heterocycles. The van der Waals surface area contributed by atoms with E-state index < -0.39 is 5.60 Å². The zero-order valence-corrected chi connectivity index (χ0v) is 9.38. The minimum Gasteiger partial charge on any atom is -0.389 e. The number of rotatable bonds is 5. The number of aliphatic hydroxyl groups is 1. The van der Waals surface area contributed by atoms with Crippen LogP contribution in [0.5, 0.6) is 0 Å². The molecule has 14 heavy (non-hydrogen) atoms. The first kappa shape index (κ1) is 12.0. The van der Waals surface area contributed by atoms with Gasteiger partial charge in [-0.05, 0) is 25.7 Å². The molecule has 0 aromatic rings. The van der Waals surface area contributed by atoms with E-state index in [1.165, 1.54) is 0 Å². The van der Waals surface area contributed by atoms with Crippen molar-refractivity contribution < 1.29 is 9.84 Å². The Hall–Kier alpha value is -0.120. The molecule has 0 radical (unpaired) electrons. The standard InChI is InChI=1S/C11H23NO2/c1-3-11(13,4-2)9-12-10-5-7-14-8-6-10/h10,12-13H,3-9H2,1-2H3. The van der Waals surface area contributed by atoms with Gasteiger partial charge in [0.05, 0.1) is 5.60 Å². The van der Waals surface area contributed by atoms with Crippen LogP contribution in [-0.2, 0) is 4.74 Å². The molecule has 0 aromatic carbocycles. The van der Waals surface area contributed by atoms with Crippen molar-refractivity contribution in [2.75, 3.05) is 19.8 Å². The van der Waals surface area contributed by atoms with Gasteiger partial charge in [0.1, 0.15) is 0 Å². The maximum atomic E-state index is 10.1. The molecule has 0 aromatic heterocycles. The van der Waals surface area contributed by atoms with Gasteiger partial charge in [-0.3, -0.25) is 0 Å². The van der Waals surface area contributed by atoms with Gasteiger partial charge in [0, 0.05) is 25.8 Å². The number of ether oxygens (including phenoxy) is 1. The molecule has 0 unspecified atom stereocenters. The Morgan fingerprint density at radius 3 is 2.36 bits per heavy atom. The van der Waals surface area contributed by atoms with E-state index in [0.717, 1.165) is 38.9 Å². The van der Waals surface area contributed by atoms with Gasteiger partial charge < -0.3 is 15.2 Å². The summed E-state index contributed by atoms with van der Waals surface area (Å²) in [5.41, 5.74) is -0.516. The molecule has 2 N–H and O–H groups in total. The largest absolute Gasteiger partial charge is 0.389 e. The summed E-state index contributed by atoms with van der Waals surface area (Å²) in [4.78, 5) is 0. The van der Waals surface area contributed by atoms with E-state index in [-0.39, 0.29) is 0 Å². The highest BCUT2D eigenvalue weighted by Gasteiger charge is 2.23. The molecule has 0 atom stereocenters. The smallest absolute Gasteiger partial charge is 0.0766 e. The lowest BCUT2D eigenvalue weighted by Gasteiger charge is -2.30. The zero-order valence-electron chi connectivity index (χ0n) is 9.38. The van der Waals surface area contributed by atoms with Gasteiger partial charge >= 0.3 is 0 Å². The molecule has 0 bridgehead atoms. The molecule has 0 saturated carbocycles. The van der Waals surface area contributed by atoms with Crippen LogP contribution >= 0.6 is 0 Å². The Kier molecular flexibility index (Phi) is 4.85. The Bertz CT molecular complexity index is 151. The number of hydrogen-bond acceptors (Lipinski definition) is 3. The summed E-state index contributed by atoms with van der Waals surface area (Å²) >= 11 is 0. The fourth-order valence-corrected chi connectivity index (χ4v) is 1.74. The van der Waals surface area contributed by atoms with E-state index in [1.54, 1.807) is 0 Å². The fourth-order valence-electron chi connectivity index (χ4n) is 1.74. The molecule has 3 nitrogen and oxygen atoms in total. The summed E-state index contributed by atoms with van der Waals surface area (Å²) in [6.45, 7) is 6.50.